The number of hydrogen-bond acceptors (Lipinski definition) is 3. The van der Waals surface area contributed by atoms with Crippen molar-refractivity contribution in [2.75, 3.05) is 19.6 Å². The zero-order valence-corrected chi connectivity index (χ0v) is 12.5. The molecule has 18 heavy (non-hydrogen) atoms. The topological polar surface area (TPSA) is 41.6 Å². The van der Waals surface area contributed by atoms with Crippen molar-refractivity contribution < 1.29 is 9.53 Å². The van der Waals surface area contributed by atoms with Crippen LogP contribution in [0.15, 0.2) is 0 Å². The molecule has 1 heterocycles. The van der Waals surface area contributed by atoms with Gasteiger partial charge in [0, 0.05) is 25.7 Å². The van der Waals surface area contributed by atoms with Crippen molar-refractivity contribution in [3.63, 3.8) is 0 Å². The maximum absolute atomic E-state index is 12.0. The molecule has 0 bridgehead atoms. The van der Waals surface area contributed by atoms with Crippen molar-refractivity contribution in [2.45, 2.75) is 59.1 Å². The second-order valence-electron chi connectivity index (χ2n) is 6.55. The van der Waals surface area contributed by atoms with E-state index in [0.717, 1.165) is 26.1 Å². The molecule has 106 valence electrons. The minimum atomic E-state index is -0.407. The third-order valence-corrected chi connectivity index (χ3v) is 3.00. The highest BCUT2D eigenvalue weighted by atomic mass is 16.6. The molecule has 0 aromatic rings. The Balaban J connectivity index is 2.40. The monoisotopic (exact) mass is 256 g/mol. The van der Waals surface area contributed by atoms with Crippen LogP contribution in [-0.2, 0) is 4.74 Å². The van der Waals surface area contributed by atoms with E-state index >= 15 is 0 Å². The molecular formula is C14H28N2O2. The first-order valence-electron chi connectivity index (χ1n) is 6.99. The number of rotatable bonds is 3. The summed E-state index contributed by atoms with van der Waals surface area (Å²) >= 11 is 0. The van der Waals surface area contributed by atoms with Gasteiger partial charge in [-0.25, -0.2) is 4.79 Å². The van der Waals surface area contributed by atoms with Crippen molar-refractivity contribution in [2.24, 2.45) is 5.92 Å². The molecular weight excluding hydrogens is 228 g/mol. The summed E-state index contributed by atoms with van der Waals surface area (Å²) in [5.74, 6) is 0.712. The van der Waals surface area contributed by atoms with Gasteiger partial charge in [0.15, 0.2) is 0 Å². The SMILES string of the molecule is CC(C)CCC1CN(C(=O)OC(C)(C)C)CCN1. The number of carbonyl (C=O) groups excluding carboxylic acids is 1. The van der Waals surface area contributed by atoms with Crippen LogP contribution in [0.4, 0.5) is 4.79 Å². The first-order valence-corrected chi connectivity index (χ1v) is 6.99. The Morgan fingerprint density at radius 3 is 2.67 bits per heavy atom. The van der Waals surface area contributed by atoms with Crippen molar-refractivity contribution in [3.05, 3.63) is 0 Å². The molecule has 1 N–H and O–H groups in total. The van der Waals surface area contributed by atoms with Gasteiger partial charge in [-0.05, 0) is 39.5 Å². The lowest BCUT2D eigenvalue weighted by molar-refractivity contribution is 0.0191. The predicted molar refractivity (Wildman–Crippen MR) is 73.7 cm³/mol. The molecule has 1 saturated heterocycles. The summed E-state index contributed by atoms with van der Waals surface area (Å²) in [6, 6.07) is 0.411. The summed E-state index contributed by atoms with van der Waals surface area (Å²) in [4.78, 5) is 13.8. The molecule has 1 aliphatic heterocycles. The number of ether oxygens (including phenoxy) is 1. The second-order valence-corrected chi connectivity index (χ2v) is 6.55. The van der Waals surface area contributed by atoms with Crippen molar-refractivity contribution in [1.29, 1.82) is 0 Å². The summed E-state index contributed by atoms with van der Waals surface area (Å²) in [6.45, 7) is 12.6. The van der Waals surface area contributed by atoms with Crippen LogP contribution in [0, 0.1) is 5.92 Å². The van der Waals surface area contributed by atoms with Gasteiger partial charge in [0.05, 0.1) is 0 Å². The Labute approximate surface area is 111 Å². The fraction of sp³-hybridized carbons (Fsp3) is 0.929. The Bertz CT molecular complexity index is 271. The highest BCUT2D eigenvalue weighted by molar-refractivity contribution is 5.68. The third-order valence-electron chi connectivity index (χ3n) is 3.00. The summed E-state index contributed by atoms with van der Waals surface area (Å²) in [5, 5.41) is 3.47. The number of nitrogens with one attached hydrogen (secondary N) is 1. The van der Waals surface area contributed by atoms with Gasteiger partial charge in [-0.3, -0.25) is 0 Å². The molecule has 0 saturated carbocycles. The molecule has 0 aromatic carbocycles. The molecule has 4 nitrogen and oxygen atoms in total. The van der Waals surface area contributed by atoms with Crippen molar-refractivity contribution in [3.8, 4) is 0 Å². The summed E-state index contributed by atoms with van der Waals surface area (Å²) in [6.07, 6.45) is 2.13. The van der Waals surface area contributed by atoms with Crippen LogP contribution in [-0.4, -0.2) is 42.3 Å². The van der Waals surface area contributed by atoms with Crippen LogP contribution in [0.25, 0.3) is 0 Å². The van der Waals surface area contributed by atoms with E-state index in [0.29, 0.717) is 12.0 Å². The van der Waals surface area contributed by atoms with Gasteiger partial charge in [0.2, 0.25) is 0 Å². The smallest absolute Gasteiger partial charge is 0.410 e. The van der Waals surface area contributed by atoms with Gasteiger partial charge >= 0.3 is 6.09 Å². The summed E-state index contributed by atoms with van der Waals surface area (Å²) in [5.41, 5.74) is -0.407. The van der Waals surface area contributed by atoms with E-state index in [1.165, 1.54) is 6.42 Å². The second kappa shape index (κ2) is 6.41. The van der Waals surface area contributed by atoms with Gasteiger partial charge < -0.3 is 15.0 Å². The average Bonchev–Trinajstić information content (AvgIpc) is 2.24. The zero-order valence-electron chi connectivity index (χ0n) is 12.5. The van der Waals surface area contributed by atoms with E-state index in [1.807, 2.05) is 25.7 Å². The molecule has 0 aliphatic carbocycles. The Morgan fingerprint density at radius 1 is 1.44 bits per heavy atom. The molecule has 0 radical (unpaired) electrons. The summed E-state index contributed by atoms with van der Waals surface area (Å²) < 4.78 is 5.41. The van der Waals surface area contributed by atoms with Crippen LogP contribution in [0.3, 0.4) is 0 Å². The number of amides is 1. The van der Waals surface area contributed by atoms with E-state index in [1.54, 1.807) is 0 Å². The lowest BCUT2D eigenvalue weighted by Crippen LogP contribution is -2.53. The van der Waals surface area contributed by atoms with Crippen LogP contribution in [0.5, 0.6) is 0 Å². The zero-order chi connectivity index (χ0) is 13.8. The minimum absolute atomic E-state index is 0.182. The highest BCUT2D eigenvalue weighted by Gasteiger charge is 2.27. The fourth-order valence-corrected chi connectivity index (χ4v) is 2.05. The maximum Gasteiger partial charge on any atom is 0.410 e. The number of hydrogen-bond donors (Lipinski definition) is 1. The normalized spacial score (nSPS) is 21.2. The molecule has 1 atom stereocenters. The van der Waals surface area contributed by atoms with Crippen molar-refractivity contribution in [1.82, 2.24) is 10.2 Å². The molecule has 1 rings (SSSR count). The average molecular weight is 256 g/mol. The Morgan fingerprint density at radius 2 is 2.11 bits per heavy atom. The standard InChI is InChI=1S/C14H28N2O2/c1-11(2)6-7-12-10-16(9-8-15-12)13(17)18-14(3,4)5/h11-12,15H,6-10H2,1-5H3. The van der Waals surface area contributed by atoms with E-state index in [9.17, 15) is 4.79 Å². The van der Waals surface area contributed by atoms with Gasteiger partial charge in [0.25, 0.3) is 0 Å². The van der Waals surface area contributed by atoms with Crippen molar-refractivity contribution >= 4 is 6.09 Å². The van der Waals surface area contributed by atoms with Crippen LogP contribution < -0.4 is 5.32 Å². The maximum atomic E-state index is 12.0. The molecule has 4 heteroatoms. The molecule has 1 unspecified atom stereocenters. The summed E-state index contributed by atoms with van der Waals surface area (Å²) in [7, 11) is 0. The lowest BCUT2D eigenvalue weighted by atomic mass is 10.0. The fourth-order valence-electron chi connectivity index (χ4n) is 2.05. The number of nitrogens with zero attached hydrogens (tertiary/aromatic N) is 1. The molecule has 1 aliphatic rings. The Kier molecular flexibility index (Phi) is 5.45. The molecule has 0 aromatic heterocycles. The van der Waals surface area contributed by atoms with Gasteiger partial charge in [-0.2, -0.15) is 0 Å². The largest absolute Gasteiger partial charge is 0.444 e. The number of carbonyl (C=O) groups is 1. The van der Waals surface area contributed by atoms with Gasteiger partial charge in [-0.15, -0.1) is 0 Å². The molecule has 0 spiro atoms. The van der Waals surface area contributed by atoms with Gasteiger partial charge in [-0.1, -0.05) is 13.8 Å². The van der Waals surface area contributed by atoms with E-state index < -0.39 is 5.60 Å². The quantitative estimate of drug-likeness (QED) is 0.844. The van der Waals surface area contributed by atoms with E-state index in [2.05, 4.69) is 19.2 Å². The molecule has 1 fully saturated rings. The lowest BCUT2D eigenvalue weighted by Gasteiger charge is -2.35. The highest BCUT2D eigenvalue weighted by Crippen LogP contribution is 2.14. The van der Waals surface area contributed by atoms with E-state index in [4.69, 9.17) is 4.74 Å². The predicted octanol–water partition coefficient (Wildman–Crippen LogP) is 2.63. The van der Waals surface area contributed by atoms with Crippen LogP contribution in [0.2, 0.25) is 0 Å². The molecule has 1 amide bonds. The third kappa shape index (κ3) is 5.71. The van der Waals surface area contributed by atoms with Crippen LogP contribution >= 0.6 is 0 Å². The van der Waals surface area contributed by atoms with Gasteiger partial charge in [0.1, 0.15) is 5.60 Å². The number of piperazine rings is 1. The first-order chi connectivity index (χ1) is 8.28. The van der Waals surface area contributed by atoms with E-state index in [-0.39, 0.29) is 6.09 Å². The van der Waals surface area contributed by atoms with Crippen LogP contribution in [0.1, 0.15) is 47.5 Å². The first kappa shape index (κ1) is 15.3. The Hall–Kier alpha value is -0.770. The minimum Gasteiger partial charge on any atom is -0.444 e.